The molecule has 0 bridgehead atoms. The van der Waals surface area contributed by atoms with E-state index in [4.69, 9.17) is 13.8 Å². The van der Waals surface area contributed by atoms with Crippen molar-refractivity contribution in [1.29, 1.82) is 0 Å². The molecule has 0 spiro atoms. The molecule has 1 aromatic rings. The number of benzene rings is 1. The number of rotatable bonds is 8. The van der Waals surface area contributed by atoms with Gasteiger partial charge in [-0.25, -0.2) is 9.59 Å². The van der Waals surface area contributed by atoms with Crippen LogP contribution in [0.5, 0.6) is 0 Å². The number of nitrogens with one attached hydrogen (secondary N) is 1. The van der Waals surface area contributed by atoms with Gasteiger partial charge in [0.1, 0.15) is 12.9 Å². The van der Waals surface area contributed by atoms with Crippen molar-refractivity contribution in [3.8, 4) is 0 Å². The summed E-state index contributed by atoms with van der Waals surface area (Å²) in [6.45, 7) is -0.463. The van der Waals surface area contributed by atoms with E-state index in [2.05, 4.69) is 10.1 Å². The first kappa shape index (κ1) is 18.2. The average Bonchev–Trinajstić information content (AvgIpc) is 2.56. The van der Waals surface area contributed by atoms with Gasteiger partial charge in [0.05, 0.1) is 7.11 Å². The van der Waals surface area contributed by atoms with Crippen LogP contribution in [0.15, 0.2) is 30.3 Å². The van der Waals surface area contributed by atoms with E-state index < -0.39 is 32.6 Å². The maximum Gasteiger partial charge on any atom is 0.408 e. The highest BCUT2D eigenvalue weighted by molar-refractivity contribution is 7.53. The van der Waals surface area contributed by atoms with E-state index in [1.165, 1.54) is 7.11 Å². The van der Waals surface area contributed by atoms with Crippen LogP contribution >= 0.6 is 7.60 Å². The van der Waals surface area contributed by atoms with E-state index in [0.29, 0.717) is 0 Å². The Bertz CT molecular complexity index is 534. The van der Waals surface area contributed by atoms with E-state index in [9.17, 15) is 14.2 Å². The predicted molar refractivity (Wildman–Crippen MR) is 77.2 cm³/mol. The molecule has 22 heavy (non-hydrogen) atoms. The zero-order valence-electron chi connectivity index (χ0n) is 12.3. The summed E-state index contributed by atoms with van der Waals surface area (Å²) in [4.78, 5) is 22.5. The molecule has 0 aliphatic carbocycles. The molecule has 0 radical (unpaired) electrons. The molecule has 0 fully saturated rings. The van der Waals surface area contributed by atoms with Crippen LogP contribution in [-0.4, -0.2) is 39.2 Å². The van der Waals surface area contributed by atoms with Gasteiger partial charge in [0, 0.05) is 7.11 Å². The fraction of sp³-hybridized carbons (Fsp3) is 0.385. The Kier molecular flexibility index (Phi) is 7.59. The van der Waals surface area contributed by atoms with E-state index in [-0.39, 0.29) is 6.61 Å². The molecule has 8 nitrogen and oxygen atoms in total. The molecule has 9 heteroatoms. The van der Waals surface area contributed by atoms with Gasteiger partial charge in [-0.05, 0) is 5.56 Å². The SMILES string of the molecule is COC(=O)COP(=O)(CNC(=O)OCc1ccccc1)OC. The van der Waals surface area contributed by atoms with E-state index in [1.54, 1.807) is 12.1 Å². The van der Waals surface area contributed by atoms with Gasteiger partial charge in [0.2, 0.25) is 0 Å². The third kappa shape index (κ3) is 6.71. The highest BCUT2D eigenvalue weighted by Gasteiger charge is 2.25. The second-order valence-corrected chi connectivity index (χ2v) is 6.20. The van der Waals surface area contributed by atoms with Crippen LogP contribution in [0.3, 0.4) is 0 Å². The van der Waals surface area contributed by atoms with Gasteiger partial charge in [0.25, 0.3) is 0 Å². The lowest BCUT2D eigenvalue weighted by Gasteiger charge is -2.16. The molecular formula is C13H18NO7P. The van der Waals surface area contributed by atoms with Crippen molar-refractivity contribution in [2.45, 2.75) is 6.61 Å². The molecule has 1 amide bonds. The minimum Gasteiger partial charge on any atom is -0.467 e. The van der Waals surface area contributed by atoms with Crippen molar-refractivity contribution >= 4 is 19.7 Å². The Morgan fingerprint density at radius 2 is 1.86 bits per heavy atom. The first-order chi connectivity index (χ1) is 10.5. The number of hydrogen-bond donors (Lipinski definition) is 1. The molecule has 122 valence electrons. The quantitative estimate of drug-likeness (QED) is 0.573. The van der Waals surface area contributed by atoms with E-state index in [1.807, 2.05) is 18.2 Å². The lowest BCUT2D eigenvalue weighted by Crippen LogP contribution is -2.26. The summed E-state index contributed by atoms with van der Waals surface area (Å²) >= 11 is 0. The summed E-state index contributed by atoms with van der Waals surface area (Å²) in [7, 11) is -1.31. The summed E-state index contributed by atoms with van der Waals surface area (Å²) in [5.41, 5.74) is 0.814. The number of esters is 1. The first-order valence-corrected chi connectivity index (χ1v) is 8.02. The van der Waals surface area contributed by atoms with Crippen molar-refractivity contribution in [2.24, 2.45) is 0 Å². The summed E-state index contributed by atoms with van der Waals surface area (Å²) in [5.74, 6) is -0.705. The Morgan fingerprint density at radius 1 is 1.18 bits per heavy atom. The van der Waals surface area contributed by atoms with Crippen molar-refractivity contribution < 1.29 is 32.7 Å². The highest BCUT2D eigenvalue weighted by Crippen LogP contribution is 2.45. The number of alkyl carbamates (subject to hydrolysis) is 1. The second kappa shape index (κ2) is 9.19. The van der Waals surface area contributed by atoms with Gasteiger partial charge in [-0.15, -0.1) is 0 Å². The van der Waals surface area contributed by atoms with Crippen LogP contribution in [0.1, 0.15) is 5.56 Å². The molecular weight excluding hydrogens is 313 g/mol. The van der Waals surface area contributed by atoms with Gasteiger partial charge < -0.3 is 19.3 Å². The fourth-order valence-electron chi connectivity index (χ4n) is 1.31. The Labute approximate surface area is 128 Å². The van der Waals surface area contributed by atoms with Gasteiger partial charge in [0.15, 0.2) is 6.61 Å². The Morgan fingerprint density at radius 3 is 2.45 bits per heavy atom. The molecule has 0 aliphatic heterocycles. The predicted octanol–water partition coefficient (Wildman–Crippen LogP) is 1.90. The van der Waals surface area contributed by atoms with Crippen molar-refractivity contribution in [3.63, 3.8) is 0 Å². The monoisotopic (exact) mass is 331 g/mol. The first-order valence-electron chi connectivity index (χ1n) is 6.30. The third-order valence-electron chi connectivity index (χ3n) is 2.51. The lowest BCUT2D eigenvalue weighted by molar-refractivity contribution is -0.143. The standard InChI is InChI=1S/C13H18NO7P/c1-18-12(15)9-21-22(17,19-2)10-14-13(16)20-8-11-6-4-3-5-7-11/h3-7H,8-10H2,1-2H3,(H,14,16). The lowest BCUT2D eigenvalue weighted by atomic mass is 10.2. The van der Waals surface area contributed by atoms with E-state index >= 15 is 0 Å². The van der Waals surface area contributed by atoms with E-state index in [0.717, 1.165) is 12.7 Å². The van der Waals surface area contributed by atoms with Gasteiger partial charge >= 0.3 is 19.7 Å². The van der Waals surface area contributed by atoms with Crippen LogP contribution in [-0.2, 0) is 34.5 Å². The highest BCUT2D eigenvalue weighted by atomic mass is 31.2. The Hall–Kier alpha value is -1.89. The fourth-order valence-corrected chi connectivity index (χ4v) is 2.26. The summed E-state index contributed by atoms with van der Waals surface area (Å²) < 4.78 is 30.9. The number of hydrogen-bond acceptors (Lipinski definition) is 7. The molecule has 1 unspecified atom stereocenters. The average molecular weight is 331 g/mol. The topological polar surface area (TPSA) is 100 Å². The molecule has 0 saturated carbocycles. The smallest absolute Gasteiger partial charge is 0.408 e. The normalized spacial score (nSPS) is 13.0. The molecule has 0 saturated heterocycles. The number of carbonyl (C=O) groups excluding carboxylic acids is 2. The number of amides is 1. The molecule has 0 heterocycles. The number of carbonyl (C=O) groups is 2. The maximum atomic E-state index is 12.1. The molecule has 1 rings (SSSR count). The van der Waals surface area contributed by atoms with Crippen molar-refractivity contribution in [3.05, 3.63) is 35.9 Å². The number of ether oxygens (including phenoxy) is 2. The van der Waals surface area contributed by atoms with Crippen LogP contribution in [0, 0.1) is 0 Å². The second-order valence-electron chi connectivity index (χ2n) is 4.04. The summed E-state index contributed by atoms with van der Waals surface area (Å²) in [6, 6.07) is 9.07. The molecule has 1 N–H and O–H groups in total. The van der Waals surface area contributed by atoms with Crippen LogP contribution in [0.25, 0.3) is 0 Å². The van der Waals surface area contributed by atoms with Gasteiger partial charge in [-0.3, -0.25) is 9.09 Å². The van der Waals surface area contributed by atoms with Crippen LogP contribution < -0.4 is 5.32 Å². The summed E-state index contributed by atoms with van der Waals surface area (Å²) in [6.07, 6.45) is -1.20. The van der Waals surface area contributed by atoms with Gasteiger partial charge in [-0.2, -0.15) is 0 Å². The minimum atomic E-state index is -3.63. The van der Waals surface area contributed by atoms with Crippen molar-refractivity contribution in [1.82, 2.24) is 5.32 Å². The molecule has 1 atom stereocenters. The third-order valence-corrected chi connectivity index (χ3v) is 4.14. The van der Waals surface area contributed by atoms with Crippen LogP contribution in [0.4, 0.5) is 4.79 Å². The minimum absolute atomic E-state index is 0.0764. The molecule has 0 aliphatic rings. The van der Waals surface area contributed by atoms with Crippen molar-refractivity contribution in [2.75, 3.05) is 27.1 Å². The summed E-state index contributed by atoms with van der Waals surface area (Å²) in [5, 5.41) is 2.26. The Balaban J connectivity index is 2.37. The van der Waals surface area contributed by atoms with Gasteiger partial charge in [-0.1, -0.05) is 30.3 Å². The zero-order valence-corrected chi connectivity index (χ0v) is 13.2. The van der Waals surface area contributed by atoms with Crippen LogP contribution in [0.2, 0.25) is 0 Å². The molecule has 1 aromatic carbocycles. The maximum absolute atomic E-state index is 12.1. The number of methoxy groups -OCH3 is 1. The zero-order chi connectivity index (χ0) is 16.4. The molecule has 0 aromatic heterocycles. The largest absolute Gasteiger partial charge is 0.467 e.